The van der Waals surface area contributed by atoms with Gasteiger partial charge in [-0.2, -0.15) is 4.98 Å². The summed E-state index contributed by atoms with van der Waals surface area (Å²) in [6, 6.07) is 8.03. The van der Waals surface area contributed by atoms with E-state index in [-0.39, 0.29) is 0 Å². The van der Waals surface area contributed by atoms with Crippen molar-refractivity contribution in [1.29, 1.82) is 0 Å². The van der Waals surface area contributed by atoms with Crippen LogP contribution in [0.15, 0.2) is 58.5 Å². The van der Waals surface area contributed by atoms with E-state index in [4.69, 9.17) is 15.5 Å². The number of fused-ring (bicyclic) bond motifs is 1. The first-order chi connectivity index (χ1) is 20.4. The maximum absolute atomic E-state index is 6.06. The maximum atomic E-state index is 6.06. The Balaban J connectivity index is 1.52. The summed E-state index contributed by atoms with van der Waals surface area (Å²) in [5.41, 5.74) is 12.2. The number of allylic oxidation sites excluding steroid dienone is 1. The fourth-order valence-corrected chi connectivity index (χ4v) is 6.41. The lowest BCUT2D eigenvalue weighted by molar-refractivity contribution is 0.416. The summed E-state index contributed by atoms with van der Waals surface area (Å²) in [7, 11) is 2.90. The fraction of sp³-hybridized carbons (Fsp3) is 0.276. The number of piperazine rings is 1. The number of methoxy groups -OCH3 is 1. The van der Waals surface area contributed by atoms with Crippen molar-refractivity contribution in [2.75, 3.05) is 69.2 Å². The SMILES string of the molecule is CN=CC(=CN)c1cc(Nc2ncc(Br)c(Nc3ccc4nccnc4c3P(C)C)n2)c(OC)cc1N1CCNCC1. The largest absolute Gasteiger partial charge is 0.494 e. The van der Waals surface area contributed by atoms with Gasteiger partial charge in [-0.15, -0.1) is 0 Å². The molecule has 0 aliphatic carbocycles. The summed E-state index contributed by atoms with van der Waals surface area (Å²) in [6.45, 7) is 7.94. The average molecular weight is 650 g/mol. The van der Waals surface area contributed by atoms with Gasteiger partial charge in [0.25, 0.3) is 0 Å². The summed E-state index contributed by atoms with van der Waals surface area (Å²) in [5.74, 6) is 1.68. The van der Waals surface area contributed by atoms with E-state index < -0.39 is 7.92 Å². The van der Waals surface area contributed by atoms with Gasteiger partial charge in [-0.1, -0.05) is 7.92 Å². The zero-order valence-electron chi connectivity index (χ0n) is 24.0. The van der Waals surface area contributed by atoms with Crippen molar-refractivity contribution in [3.63, 3.8) is 0 Å². The van der Waals surface area contributed by atoms with Crippen LogP contribution in [0.25, 0.3) is 16.6 Å². The maximum Gasteiger partial charge on any atom is 0.229 e. The molecule has 1 saturated heterocycles. The Morgan fingerprint density at radius 1 is 1.12 bits per heavy atom. The van der Waals surface area contributed by atoms with Gasteiger partial charge in [0, 0.05) is 98.1 Å². The highest BCUT2D eigenvalue weighted by molar-refractivity contribution is 9.10. The number of hydrogen-bond donors (Lipinski definition) is 4. The molecule has 0 amide bonds. The molecular weight excluding hydrogens is 615 g/mol. The highest BCUT2D eigenvalue weighted by Crippen LogP contribution is 2.39. The number of nitrogens with two attached hydrogens (primary N) is 1. The second-order valence-electron chi connectivity index (χ2n) is 9.74. The molecule has 0 radical (unpaired) electrons. The van der Waals surface area contributed by atoms with Gasteiger partial charge >= 0.3 is 0 Å². The van der Waals surface area contributed by atoms with E-state index in [1.807, 2.05) is 24.3 Å². The Hall–Kier alpha value is -3.86. The molecule has 0 spiro atoms. The Bertz CT molecular complexity index is 1640. The summed E-state index contributed by atoms with van der Waals surface area (Å²) in [4.78, 5) is 25.0. The van der Waals surface area contributed by atoms with E-state index in [1.54, 1.807) is 45.2 Å². The first-order valence-electron chi connectivity index (χ1n) is 13.4. The van der Waals surface area contributed by atoms with Gasteiger partial charge in [-0.3, -0.25) is 15.0 Å². The van der Waals surface area contributed by atoms with Gasteiger partial charge < -0.3 is 31.3 Å². The minimum Gasteiger partial charge on any atom is -0.494 e. The molecule has 13 heteroatoms. The van der Waals surface area contributed by atoms with Crippen LogP contribution >= 0.6 is 23.9 Å². The predicted molar refractivity (Wildman–Crippen MR) is 179 cm³/mol. The quantitative estimate of drug-likeness (QED) is 0.152. The number of aliphatic imine (C=N–C) groups is 1. The number of nitrogens with one attached hydrogen (secondary N) is 3. The number of ether oxygens (including phenoxy) is 1. The van der Waals surface area contributed by atoms with E-state index in [0.717, 1.165) is 69.5 Å². The standard InChI is InChI=1S/C29H34BrN10OP/c1-32-16-18(15-31)19-13-23(25(41-2)14-24(19)40-11-9-33-10-12-40)38-29-36-17-20(30)28(39-29)37-22-6-5-21-26(27(22)42(3)4)35-8-7-34-21/h5-8,13-17,33H,9-12,31H2,1-4H3,(H2,36,37,38,39). The normalized spacial score (nSPS) is 14.1. The first-order valence-corrected chi connectivity index (χ1v) is 16.5. The molecule has 0 unspecified atom stereocenters. The number of benzene rings is 2. The van der Waals surface area contributed by atoms with Crippen LogP contribution in [0.4, 0.5) is 28.8 Å². The van der Waals surface area contributed by atoms with Crippen LogP contribution in [0.3, 0.4) is 0 Å². The molecule has 2 aromatic carbocycles. The first kappa shape index (κ1) is 29.6. The van der Waals surface area contributed by atoms with E-state index in [9.17, 15) is 0 Å². The van der Waals surface area contributed by atoms with Gasteiger partial charge in [-0.05, 0) is 47.5 Å². The molecule has 4 aromatic rings. The third-order valence-corrected chi connectivity index (χ3v) is 8.77. The number of nitrogens with zero attached hydrogens (tertiary/aromatic N) is 6. The number of halogens is 1. The van der Waals surface area contributed by atoms with E-state index in [1.165, 1.54) is 0 Å². The molecule has 1 aliphatic rings. The van der Waals surface area contributed by atoms with Crippen LogP contribution in [0.1, 0.15) is 5.56 Å². The number of anilines is 5. The molecule has 3 heterocycles. The molecule has 2 aromatic heterocycles. The molecule has 5 rings (SSSR count). The third-order valence-electron chi connectivity index (χ3n) is 6.84. The molecule has 0 bridgehead atoms. The third kappa shape index (κ3) is 6.30. The van der Waals surface area contributed by atoms with Crippen molar-refractivity contribution < 1.29 is 4.74 Å². The zero-order valence-corrected chi connectivity index (χ0v) is 26.5. The van der Waals surface area contributed by atoms with Gasteiger partial charge in [0.05, 0.1) is 28.3 Å². The molecule has 1 fully saturated rings. The Morgan fingerprint density at radius 3 is 2.62 bits per heavy atom. The lowest BCUT2D eigenvalue weighted by Gasteiger charge is -2.32. The average Bonchev–Trinajstić information content (AvgIpc) is 3.01. The van der Waals surface area contributed by atoms with Gasteiger partial charge in [0.2, 0.25) is 5.95 Å². The highest BCUT2D eigenvalue weighted by atomic mass is 79.9. The molecule has 218 valence electrons. The minimum atomic E-state index is -0.490. The Morgan fingerprint density at radius 2 is 1.90 bits per heavy atom. The lowest BCUT2D eigenvalue weighted by Crippen LogP contribution is -2.43. The highest BCUT2D eigenvalue weighted by Gasteiger charge is 2.21. The summed E-state index contributed by atoms with van der Waals surface area (Å²) in [6.07, 6.45) is 8.49. The number of aromatic nitrogens is 4. The zero-order chi connectivity index (χ0) is 29.6. The van der Waals surface area contributed by atoms with Crippen molar-refractivity contribution in [1.82, 2.24) is 25.3 Å². The van der Waals surface area contributed by atoms with Crippen LogP contribution in [-0.2, 0) is 0 Å². The van der Waals surface area contributed by atoms with Crippen LogP contribution in [-0.4, -0.2) is 79.8 Å². The number of rotatable bonds is 9. The molecule has 42 heavy (non-hydrogen) atoms. The van der Waals surface area contributed by atoms with Crippen molar-refractivity contribution in [3.05, 3.63) is 59.1 Å². The van der Waals surface area contributed by atoms with Crippen LogP contribution in [0, 0.1) is 0 Å². The smallest absolute Gasteiger partial charge is 0.229 e. The van der Waals surface area contributed by atoms with Crippen LogP contribution in [0.2, 0.25) is 0 Å². The predicted octanol–water partition coefficient (Wildman–Crippen LogP) is 4.45. The topological polar surface area (TPSA) is 138 Å². The Labute approximate surface area is 255 Å². The van der Waals surface area contributed by atoms with E-state index in [2.05, 4.69) is 70.1 Å². The molecule has 5 N–H and O–H groups in total. The fourth-order valence-electron chi connectivity index (χ4n) is 4.91. The summed E-state index contributed by atoms with van der Waals surface area (Å²) in [5, 5.41) is 11.4. The van der Waals surface area contributed by atoms with Gasteiger partial charge in [-0.25, -0.2) is 4.98 Å². The van der Waals surface area contributed by atoms with E-state index >= 15 is 0 Å². The summed E-state index contributed by atoms with van der Waals surface area (Å²) >= 11 is 3.61. The van der Waals surface area contributed by atoms with Gasteiger partial charge in [0.1, 0.15) is 11.6 Å². The van der Waals surface area contributed by atoms with Crippen molar-refractivity contribution in [3.8, 4) is 5.75 Å². The lowest BCUT2D eigenvalue weighted by atomic mass is 10.0. The molecule has 1 aliphatic heterocycles. The molecule has 0 saturated carbocycles. The number of hydrogen-bond acceptors (Lipinski definition) is 11. The van der Waals surface area contributed by atoms with Crippen molar-refractivity contribution in [2.45, 2.75) is 0 Å². The monoisotopic (exact) mass is 648 g/mol. The summed E-state index contributed by atoms with van der Waals surface area (Å²) < 4.78 is 6.56. The van der Waals surface area contributed by atoms with Crippen LogP contribution in [0.5, 0.6) is 5.75 Å². The van der Waals surface area contributed by atoms with E-state index in [0.29, 0.717) is 23.2 Å². The minimum absolute atomic E-state index is 0.403. The van der Waals surface area contributed by atoms with Crippen molar-refractivity contribution in [2.24, 2.45) is 10.7 Å². The second kappa shape index (κ2) is 13.4. The Kier molecular flexibility index (Phi) is 9.46. The molecule has 0 atom stereocenters. The molecule has 11 nitrogen and oxygen atoms in total. The second-order valence-corrected chi connectivity index (χ2v) is 12.8. The molecular formula is C29H34BrN10OP. The van der Waals surface area contributed by atoms with Gasteiger partial charge in [0.15, 0.2) is 0 Å². The van der Waals surface area contributed by atoms with Crippen molar-refractivity contribution >= 4 is 80.8 Å². The van der Waals surface area contributed by atoms with Crippen LogP contribution < -0.4 is 36.6 Å².